The lowest BCUT2D eigenvalue weighted by Gasteiger charge is -2.34. The van der Waals surface area contributed by atoms with Crippen molar-refractivity contribution in [2.24, 2.45) is 17.8 Å². The van der Waals surface area contributed by atoms with Gasteiger partial charge in [0.25, 0.3) is 0 Å². The number of nitrogens with zero attached hydrogens (tertiary/aromatic N) is 1. The number of likely N-dealkylation sites (tertiary alicyclic amines) is 1. The second-order valence-electron chi connectivity index (χ2n) is 6.38. The van der Waals surface area contributed by atoms with Gasteiger partial charge >= 0.3 is 12.0 Å². The van der Waals surface area contributed by atoms with E-state index in [-0.39, 0.29) is 11.9 Å². The van der Waals surface area contributed by atoms with E-state index in [4.69, 9.17) is 9.84 Å². The second kappa shape index (κ2) is 7.64. The Hall–Kier alpha value is -1.30. The third-order valence-corrected chi connectivity index (χ3v) is 4.39. The Morgan fingerprint density at radius 1 is 1.38 bits per heavy atom. The maximum absolute atomic E-state index is 12.1. The molecule has 6 heteroatoms. The molecule has 2 aliphatic rings. The summed E-state index contributed by atoms with van der Waals surface area (Å²) in [5, 5.41) is 12.0. The van der Waals surface area contributed by atoms with E-state index in [9.17, 15) is 9.59 Å². The molecule has 2 aliphatic heterocycles. The van der Waals surface area contributed by atoms with Crippen LogP contribution in [0.25, 0.3) is 0 Å². The molecule has 0 saturated carbocycles. The highest BCUT2D eigenvalue weighted by Crippen LogP contribution is 2.22. The molecule has 0 aromatic heterocycles. The second-order valence-corrected chi connectivity index (χ2v) is 6.38. The molecule has 3 unspecified atom stereocenters. The van der Waals surface area contributed by atoms with Crippen LogP contribution >= 0.6 is 0 Å². The number of rotatable bonds is 5. The SMILES string of the molecule is CC1CC(C(=O)O)CN(C(=O)NCCCC2CCOC2)C1. The predicted octanol–water partition coefficient (Wildman–Crippen LogP) is 1.56. The van der Waals surface area contributed by atoms with Crippen LogP contribution in [-0.4, -0.2) is 54.9 Å². The molecule has 21 heavy (non-hydrogen) atoms. The first kappa shape index (κ1) is 16.1. The lowest BCUT2D eigenvalue weighted by atomic mass is 9.91. The minimum Gasteiger partial charge on any atom is -0.481 e. The van der Waals surface area contributed by atoms with Gasteiger partial charge in [-0.05, 0) is 37.5 Å². The summed E-state index contributed by atoms with van der Waals surface area (Å²) in [6.45, 7) is 5.32. The van der Waals surface area contributed by atoms with Crippen molar-refractivity contribution in [3.8, 4) is 0 Å². The van der Waals surface area contributed by atoms with Crippen LogP contribution in [0.3, 0.4) is 0 Å². The number of amides is 2. The minimum absolute atomic E-state index is 0.129. The van der Waals surface area contributed by atoms with Crippen molar-refractivity contribution in [3.05, 3.63) is 0 Å². The molecular weight excluding hydrogens is 272 g/mol. The largest absolute Gasteiger partial charge is 0.481 e. The van der Waals surface area contributed by atoms with Crippen molar-refractivity contribution < 1.29 is 19.4 Å². The van der Waals surface area contributed by atoms with E-state index in [1.165, 1.54) is 0 Å². The summed E-state index contributed by atoms with van der Waals surface area (Å²) in [5.41, 5.74) is 0. The van der Waals surface area contributed by atoms with Gasteiger partial charge in [-0.15, -0.1) is 0 Å². The predicted molar refractivity (Wildman–Crippen MR) is 78.0 cm³/mol. The van der Waals surface area contributed by atoms with Gasteiger partial charge in [0.15, 0.2) is 0 Å². The first-order valence-corrected chi connectivity index (χ1v) is 7.89. The number of aliphatic carboxylic acids is 1. The molecule has 6 nitrogen and oxygen atoms in total. The van der Waals surface area contributed by atoms with Gasteiger partial charge in [-0.1, -0.05) is 6.92 Å². The van der Waals surface area contributed by atoms with E-state index in [0.717, 1.165) is 32.5 Å². The molecule has 2 amide bonds. The summed E-state index contributed by atoms with van der Waals surface area (Å²) in [5.74, 6) is -0.370. The van der Waals surface area contributed by atoms with Crippen molar-refractivity contribution >= 4 is 12.0 Å². The highest BCUT2D eigenvalue weighted by atomic mass is 16.5. The Balaban J connectivity index is 1.68. The molecule has 3 atom stereocenters. The van der Waals surface area contributed by atoms with Crippen LogP contribution in [0.1, 0.15) is 32.6 Å². The van der Waals surface area contributed by atoms with Gasteiger partial charge in [0.05, 0.1) is 5.92 Å². The van der Waals surface area contributed by atoms with Crippen molar-refractivity contribution in [2.75, 3.05) is 32.8 Å². The first-order chi connectivity index (χ1) is 10.1. The zero-order valence-electron chi connectivity index (χ0n) is 12.7. The first-order valence-electron chi connectivity index (χ1n) is 7.89. The summed E-state index contributed by atoms with van der Waals surface area (Å²) in [6, 6.07) is -0.129. The van der Waals surface area contributed by atoms with Crippen molar-refractivity contribution in [2.45, 2.75) is 32.6 Å². The van der Waals surface area contributed by atoms with Crippen LogP contribution in [-0.2, 0) is 9.53 Å². The Morgan fingerprint density at radius 2 is 2.19 bits per heavy atom. The number of nitrogens with one attached hydrogen (secondary N) is 1. The van der Waals surface area contributed by atoms with E-state index in [2.05, 4.69) is 5.32 Å². The van der Waals surface area contributed by atoms with Crippen LogP contribution in [0.15, 0.2) is 0 Å². The molecule has 2 rings (SSSR count). The number of piperidine rings is 1. The van der Waals surface area contributed by atoms with Crippen LogP contribution in [0.5, 0.6) is 0 Å². The van der Waals surface area contributed by atoms with Crippen molar-refractivity contribution in [3.63, 3.8) is 0 Å². The molecule has 0 aromatic carbocycles. The van der Waals surface area contributed by atoms with Crippen LogP contribution in [0.4, 0.5) is 4.79 Å². The summed E-state index contributed by atoms with van der Waals surface area (Å²) >= 11 is 0. The number of carboxylic acids is 1. The number of carbonyl (C=O) groups excluding carboxylic acids is 1. The summed E-state index contributed by atoms with van der Waals surface area (Å²) in [7, 11) is 0. The fourth-order valence-corrected chi connectivity index (χ4v) is 3.21. The van der Waals surface area contributed by atoms with Crippen molar-refractivity contribution in [1.82, 2.24) is 10.2 Å². The highest BCUT2D eigenvalue weighted by molar-refractivity contribution is 5.76. The van der Waals surface area contributed by atoms with Crippen molar-refractivity contribution in [1.29, 1.82) is 0 Å². The molecule has 2 saturated heterocycles. The smallest absolute Gasteiger partial charge is 0.317 e. The molecule has 2 fully saturated rings. The van der Waals surface area contributed by atoms with E-state index in [1.54, 1.807) is 4.90 Å². The van der Waals surface area contributed by atoms with E-state index in [1.807, 2.05) is 6.92 Å². The molecule has 0 spiro atoms. The molecule has 0 radical (unpaired) electrons. The number of ether oxygens (including phenoxy) is 1. The molecule has 2 N–H and O–H groups in total. The van der Waals surface area contributed by atoms with Gasteiger partial charge in [-0.25, -0.2) is 4.79 Å². The maximum Gasteiger partial charge on any atom is 0.317 e. The lowest BCUT2D eigenvalue weighted by molar-refractivity contribution is -0.143. The Kier molecular flexibility index (Phi) is 5.85. The topological polar surface area (TPSA) is 78.9 Å². The minimum atomic E-state index is -0.805. The monoisotopic (exact) mass is 298 g/mol. The number of hydrogen-bond acceptors (Lipinski definition) is 3. The normalized spacial score (nSPS) is 29.4. The fraction of sp³-hybridized carbons (Fsp3) is 0.867. The average molecular weight is 298 g/mol. The zero-order valence-corrected chi connectivity index (χ0v) is 12.7. The standard InChI is InChI=1S/C15H26N2O4/c1-11-7-13(14(18)19)9-17(8-11)15(20)16-5-2-3-12-4-6-21-10-12/h11-13H,2-10H2,1H3,(H,16,20)(H,18,19). The molecular formula is C15H26N2O4. The zero-order chi connectivity index (χ0) is 15.2. The van der Waals surface area contributed by atoms with E-state index < -0.39 is 11.9 Å². The molecule has 120 valence electrons. The molecule has 2 heterocycles. The van der Waals surface area contributed by atoms with Crippen LogP contribution in [0.2, 0.25) is 0 Å². The van der Waals surface area contributed by atoms with Crippen LogP contribution in [0, 0.1) is 17.8 Å². The van der Waals surface area contributed by atoms with Gasteiger partial charge in [-0.2, -0.15) is 0 Å². The van der Waals surface area contributed by atoms with E-state index >= 15 is 0 Å². The van der Waals surface area contributed by atoms with Crippen LogP contribution < -0.4 is 5.32 Å². The Morgan fingerprint density at radius 3 is 2.86 bits per heavy atom. The highest BCUT2D eigenvalue weighted by Gasteiger charge is 2.31. The third kappa shape index (κ3) is 4.88. The Bertz CT molecular complexity index is 369. The number of carbonyl (C=O) groups is 2. The summed E-state index contributed by atoms with van der Waals surface area (Å²) < 4.78 is 5.33. The van der Waals surface area contributed by atoms with E-state index in [0.29, 0.717) is 32.0 Å². The van der Waals surface area contributed by atoms with Gasteiger partial charge in [-0.3, -0.25) is 4.79 Å². The Labute approximate surface area is 125 Å². The number of urea groups is 1. The quantitative estimate of drug-likeness (QED) is 0.755. The lowest BCUT2D eigenvalue weighted by Crippen LogP contribution is -2.49. The molecule has 0 aliphatic carbocycles. The third-order valence-electron chi connectivity index (χ3n) is 4.39. The fourth-order valence-electron chi connectivity index (χ4n) is 3.21. The average Bonchev–Trinajstić information content (AvgIpc) is 2.95. The molecule has 0 bridgehead atoms. The number of hydrogen-bond donors (Lipinski definition) is 2. The summed E-state index contributed by atoms with van der Waals surface area (Å²) in [4.78, 5) is 24.9. The van der Waals surface area contributed by atoms with Gasteiger partial charge in [0, 0.05) is 32.8 Å². The van der Waals surface area contributed by atoms with Gasteiger partial charge in [0.1, 0.15) is 0 Å². The van der Waals surface area contributed by atoms with Gasteiger partial charge in [0.2, 0.25) is 0 Å². The summed E-state index contributed by atoms with van der Waals surface area (Å²) in [6.07, 6.45) is 3.80. The van der Waals surface area contributed by atoms with Gasteiger partial charge < -0.3 is 20.1 Å². The molecule has 0 aromatic rings. The number of carboxylic acid groups (broad SMARTS) is 1. The maximum atomic E-state index is 12.1.